The molecule has 1 N–H and O–H groups in total. The molecule has 0 aromatic rings. The second-order valence-electron chi connectivity index (χ2n) is 3.57. The molecule has 2 nitrogen and oxygen atoms in total. The summed E-state index contributed by atoms with van der Waals surface area (Å²) in [5, 5.41) is 8.34. The topological polar surface area (TPSA) is 37.3 Å². The lowest BCUT2D eigenvalue weighted by Gasteiger charge is -2.06. The maximum atomic E-state index is 12.7. The van der Waals surface area contributed by atoms with Crippen LogP contribution in [0.5, 0.6) is 0 Å². The van der Waals surface area contributed by atoms with Crippen molar-refractivity contribution in [1.29, 1.82) is 0 Å². The van der Waals surface area contributed by atoms with E-state index in [1.807, 2.05) is 0 Å². The summed E-state index contributed by atoms with van der Waals surface area (Å²) in [4.78, 5) is 10.2. The Balaban J connectivity index is 2.50. The van der Waals surface area contributed by atoms with Crippen molar-refractivity contribution in [2.24, 2.45) is 5.92 Å². The van der Waals surface area contributed by atoms with Gasteiger partial charge in [-0.3, -0.25) is 0 Å². The first-order valence-electron chi connectivity index (χ1n) is 4.81. The third-order valence-corrected chi connectivity index (χ3v) is 2.49. The Morgan fingerprint density at radius 3 is 2.23 bits per heavy atom. The summed E-state index contributed by atoms with van der Waals surface area (Å²) >= 11 is 0. The molecule has 0 saturated heterocycles. The van der Waals surface area contributed by atoms with Gasteiger partial charge in [0.05, 0.1) is 0 Å². The molecule has 13 heavy (non-hydrogen) atoms. The minimum absolute atomic E-state index is 0.138. The molecule has 0 atom stereocenters. The zero-order chi connectivity index (χ0) is 9.68. The Bertz CT molecular complexity index is 203. The molecule has 1 saturated carbocycles. The van der Waals surface area contributed by atoms with Crippen LogP contribution in [-0.2, 0) is 4.79 Å². The lowest BCUT2D eigenvalue weighted by Crippen LogP contribution is -2.00. The van der Waals surface area contributed by atoms with Crippen LogP contribution in [-0.4, -0.2) is 11.1 Å². The van der Waals surface area contributed by atoms with Gasteiger partial charge in [0.2, 0.25) is 5.83 Å². The molecule has 74 valence electrons. The van der Waals surface area contributed by atoms with Crippen molar-refractivity contribution in [2.45, 2.75) is 38.5 Å². The Morgan fingerprint density at radius 1 is 1.23 bits per heavy atom. The van der Waals surface area contributed by atoms with E-state index in [1.165, 1.54) is 18.9 Å². The molecule has 1 aliphatic carbocycles. The fraction of sp³-hybridized carbons (Fsp3) is 0.700. The van der Waals surface area contributed by atoms with Gasteiger partial charge in [-0.15, -0.1) is 0 Å². The molecular formula is C10H15FO2. The van der Waals surface area contributed by atoms with Gasteiger partial charge in [-0.25, -0.2) is 4.79 Å². The molecule has 1 aliphatic rings. The lowest BCUT2D eigenvalue weighted by molar-refractivity contribution is -0.134. The second kappa shape index (κ2) is 5.00. The summed E-state index contributed by atoms with van der Waals surface area (Å²) in [7, 11) is 0. The van der Waals surface area contributed by atoms with E-state index in [0.29, 0.717) is 0 Å². The monoisotopic (exact) mass is 186 g/mol. The minimum atomic E-state index is -1.44. The molecule has 0 heterocycles. The summed E-state index contributed by atoms with van der Waals surface area (Å²) in [5.74, 6) is -2.30. The van der Waals surface area contributed by atoms with Gasteiger partial charge in [0.1, 0.15) is 0 Å². The number of hydrogen-bond acceptors (Lipinski definition) is 1. The average Bonchev–Trinajstić information content (AvgIpc) is 2.32. The zero-order valence-electron chi connectivity index (χ0n) is 7.63. The highest BCUT2D eigenvalue weighted by molar-refractivity contribution is 5.83. The van der Waals surface area contributed by atoms with Crippen molar-refractivity contribution in [3.63, 3.8) is 0 Å². The Kier molecular flexibility index (Phi) is 3.93. The van der Waals surface area contributed by atoms with Crippen LogP contribution in [0.1, 0.15) is 38.5 Å². The number of allylic oxidation sites excluding steroid dienone is 1. The molecule has 1 fully saturated rings. The van der Waals surface area contributed by atoms with Gasteiger partial charge in [-0.2, -0.15) is 4.39 Å². The number of carboxylic acid groups (broad SMARTS) is 1. The second-order valence-corrected chi connectivity index (χ2v) is 3.57. The van der Waals surface area contributed by atoms with Crippen molar-refractivity contribution in [2.75, 3.05) is 0 Å². The highest BCUT2D eigenvalue weighted by Gasteiger charge is 2.13. The molecule has 0 radical (unpaired) electrons. The fourth-order valence-electron chi connectivity index (χ4n) is 1.76. The van der Waals surface area contributed by atoms with E-state index >= 15 is 0 Å². The third-order valence-electron chi connectivity index (χ3n) is 2.49. The molecule has 0 bridgehead atoms. The largest absolute Gasteiger partial charge is 0.476 e. The van der Waals surface area contributed by atoms with E-state index in [1.54, 1.807) is 0 Å². The van der Waals surface area contributed by atoms with Crippen molar-refractivity contribution in [3.05, 3.63) is 11.9 Å². The summed E-state index contributed by atoms with van der Waals surface area (Å²) < 4.78 is 12.7. The number of carbonyl (C=O) groups is 1. The van der Waals surface area contributed by atoms with E-state index in [0.717, 1.165) is 25.7 Å². The predicted molar refractivity (Wildman–Crippen MR) is 48.0 cm³/mol. The van der Waals surface area contributed by atoms with Gasteiger partial charge < -0.3 is 5.11 Å². The first-order chi connectivity index (χ1) is 6.20. The van der Waals surface area contributed by atoms with E-state index < -0.39 is 11.8 Å². The van der Waals surface area contributed by atoms with Crippen molar-refractivity contribution >= 4 is 5.97 Å². The van der Waals surface area contributed by atoms with E-state index in [9.17, 15) is 9.18 Å². The number of carboxylic acids is 1. The van der Waals surface area contributed by atoms with Crippen molar-refractivity contribution in [1.82, 2.24) is 0 Å². The Morgan fingerprint density at radius 2 is 1.77 bits per heavy atom. The predicted octanol–water partition coefficient (Wildman–Crippen LogP) is 2.89. The Hall–Kier alpha value is -0.860. The van der Waals surface area contributed by atoms with E-state index in [2.05, 4.69) is 0 Å². The molecule has 0 aromatic heterocycles. The maximum absolute atomic E-state index is 12.7. The van der Waals surface area contributed by atoms with Crippen LogP contribution in [0.4, 0.5) is 4.39 Å². The molecule has 0 aromatic carbocycles. The summed E-state index contributed by atoms with van der Waals surface area (Å²) in [6.07, 6.45) is 7.70. The first-order valence-corrected chi connectivity index (χ1v) is 4.81. The minimum Gasteiger partial charge on any atom is -0.476 e. The van der Waals surface area contributed by atoms with Gasteiger partial charge in [-0.05, 0) is 24.8 Å². The molecule has 0 aliphatic heterocycles. The standard InChI is InChI=1S/C10H15FO2/c11-9(10(12)13)7-8-5-3-1-2-4-6-8/h7-8H,1-6H2,(H,12,13). The van der Waals surface area contributed by atoms with Crippen LogP contribution < -0.4 is 0 Å². The van der Waals surface area contributed by atoms with Gasteiger partial charge in [0.25, 0.3) is 0 Å². The first kappa shape index (κ1) is 10.2. The third kappa shape index (κ3) is 3.57. The number of aliphatic carboxylic acids is 1. The molecular weight excluding hydrogens is 171 g/mol. The van der Waals surface area contributed by atoms with E-state index in [4.69, 9.17) is 5.11 Å². The molecule has 0 spiro atoms. The number of rotatable bonds is 2. The van der Waals surface area contributed by atoms with Crippen LogP contribution in [0.15, 0.2) is 11.9 Å². The number of halogens is 1. The lowest BCUT2D eigenvalue weighted by atomic mass is 10.00. The van der Waals surface area contributed by atoms with Gasteiger partial charge in [0, 0.05) is 0 Å². The summed E-state index contributed by atoms with van der Waals surface area (Å²) in [6, 6.07) is 0. The summed E-state index contributed by atoms with van der Waals surface area (Å²) in [6.45, 7) is 0. The normalized spacial score (nSPS) is 21.2. The van der Waals surface area contributed by atoms with Crippen LogP contribution >= 0.6 is 0 Å². The smallest absolute Gasteiger partial charge is 0.364 e. The van der Waals surface area contributed by atoms with E-state index in [-0.39, 0.29) is 5.92 Å². The molecule has 3 heteroatoms. The maximum Gasteiger partial charge on any atom is 0.364 e. The van der Waals surface area contributed by atoms with Crippen LogP contribution in [0, 0.1) is 5.92 Å². The molecule has 1 rings (SSSR count). The van der Waals surface area contributed by atoms with Gasteiger partial charge in [0.15, 0.2) is 0 Å². The Labute approximate surface area is 77.4 Å². The quantitative estimate of drug-likeness (QED) is 0.531. The SMILES string of the molecule is O=C(O)C(F)=CC1CCCCCC1. The van der Waals surface area contributed by atoms with Crippen molar-refractivity contribution in [3.8, 4) is 0 Å². The zero-order valence-corrected chi connectivity index (χ0v) is 7.63. The van der Waals surface area contributed by atoms with Crippen LogP contribution in [0.2, 0.25) is 0 Å². The van der Waals surface area contributed by atoms with Crippen LogP contribution in [0.3, 0.4) is 0 Å². The highest BCUT2D eigenvalue weighted by atomic mass is 19.1. The fourth-order valence-corrected chi connectivity index (χ4v) is 1.76. The average molecular weight is 186 g/mol. The molecule has 0 unspecified atom stereocenters. The highest BCUT2D eigenvalue weighted by Crippen LogP contribution is 2.24. The summed E-state index contributed by atoms with van der Waals surface area (Å²) in [5.41, 5.74) is 0. The van der Waals surface area contributed by atoms with Crippen molar-refractivity contribution < 1.29 is 14.3 Å². The molecule has 0 amide bonds. The van der Waals surface area contributed by atoms with Gasteiger partial charge in [-0.1, -0.05) is 25.7 Å². The number of hydrogen-bond donors (Lipinski definition) is 1. The van der Waals surface area contributed by atoms with Gasteiger partial charge >= 0.3 is 5.97 Å². The van der Waals surface area contributed by atoms with Crippen LogP contribution in [0.25, 0.3) is 0 Å².